The molecular formula is C19H24O5. The van der Waals surface area contributed by atoms with Gasteiger partial charge in [0.25, 0.3) is 0 Å². The highest BCUT2D eigenvalue weighted by molar-refractivity contribution is 5.87. The number of aromatic hydroxyl groups is 1. The molecular weight excluding hydrogens is 308 g/mol. The fourth-order valence-electron chi connectivity index (χ4n) is 2.27. The zero-order valence-corrected chi connectivity index (χ0v) is 14.3. The van der Waals surface area contributed by atoms with Crippen LogP contribution in [-0.2, 0) is 11.2 Å². The van der Waals surface area contributed by atoms with Crippen molar-refractivity contribution in [3.8, 4) is 5.75 Å². The minimum absolute atomic E-state index is 0.00197. The second-order valence-electron chi connectivity index (χ2n) is 6.49. The zero-order valence-electron chi connectivity index (χ0n) is 14.3. The lowest BCUT2D eigenvalue weighted by Gasteiger charge is -2.28. The van der Waals surface area contributed by atoms with Crippen LogP contribution in [-0.4, -0.2) is 26.4 Å². The second-order valence-corrected chi connectivity index (χ2v) is 6.49. The van der Waals surface area contributed by atoms with Gasteiger partial charge in [-0.2, -0.15) is 0 Å². The first kappa shape index (κ1) is 19.7. The number of carbonyl (C=O) groups is 1. The van der Waals surface area contributed by atoms with Crippen molar-refractivity contribution in [2.45, 2.75) is 38.9 Å². The van der Waals surface area contributed by atoms with Gasteiger partial charge in [-0.15, -0.1) is 0 Å². The Bertz CT molecular complexity index is 679. The van der Waals surface area contributed by atoms with E-state index in [2.05, 4.69) is 0 Å². The van der Waals surface area contributed by atoms with Crippen molar-refractivity contribution in [3.63, 3.8) is 0 Å². The van der Waals surface area contributed by atoms with Gasteiger partial charge in [0.2, 0.25) is 0 Å². The molecule has 0 bridgehead atoms. The second kappa shape index (κ2) is 7.47. The molecule has 2 aromatic carbocycles. The number of carboxylic acids is 1. The summed E-state index contributed by atoms with van der Waals surface area (Å²) in [6.07, 6.45) is 0. The first-order valence-corrected chi connectivity index (χ1v) is 7.50. The summed E-state index contributed by atoms with van der Waals surface area (Å²) >= 11 is 0. The number of aromatic carboxylic acids is 1. The Kier molecular flexibility index (Phi) is 6.12. The Morgan fingerprint density at radius 2 is 1.38 bits per heavy atom. The highest BCUT2D eigenvalue weighted by Crippen LogP contribution is 2.36. The number of phenols is 1. The van der Waals surface area contributed by atoms with Crippen molar-refractivity contribution in [3.05, 3.63) is 65.2 Å². The van der Waals surface area contributed by atoms with Gasteiger partial charge in [-0.05, 0) is 51.5 Å². The summed E-state index contributed by atoms with van der Waals surface area (Å²) < 4.78 is 0. The van der Waals surface area contributed by atoms with Crippen LogP contribution in [0.5, 0.6) is 5.75 Å². The fourth-order valence-corrected chi connectivity index (χ4v) is 2.27. The van der Waals surface area contributed by atoms with Crippen LogP contribution in [0.1, 0.15) is 49.2 Å². The highest BCUT2D eigenvalue weighted by Gasteiger charge is 2.30. The molecule has 0 aliphatic carbocycles. The molecule has 0 saturated heterocycles. The molecule has 0 aromatic heterocycles. The van der Waals surface area contributed by atoms with Crippen LogP contribution in [0.25, 0.3) is 0 Å². The molecule has 2 aromatic rings. The van der Waals surface area contributed by atoms with Crippen molar-refractivity contribution in [1.82, 2.24) is 0 Å². The van der Waals surface area contributed by atoms with Gasteiger partial charge in [-0.25, -0.2) is 4.79 Å². The van der Waals surface area contributed by atoms with Gasteiger partial charge in [-0.1, -0.05) is 30.3 Å². The molecule has 0 spiro atoms. The van der Waals surface area contributed by atoms with Crippen LogP contribution in [0, 0.1) is 0 Å². The van der Waals surface area contributed by atoms with E-state index in [4.69, 9.17) is 5.11 Å². The molecule has 0 atom stereocenters. The van der Waals surface area contributed by atoms with Gasteiger partial charge in [0.15, 0.2) is 0 Å². The average Bonchev–Trinajstić information content (AvgIpc) is 2.46. The summed E-state index contributed by atoms with van der Waals surface area (Å²) in [5, 5.41) is 38.0. The number of rotatable bonds is 3. The molecule has 5 nitrogen and oxygen atoms in total. The fraction of sp³-hybridized carbons (Fsp3) is 0.316. The largest absolute Gasteiger partial charge is 0.508 e. The van der Waals surface area contributed by atoms with Crippen LogP contribution in [0.3, 0.4) is 0 Å². The number of aliphatic hydroxyl groups is 2. The standard InChI is InChI=1S/C12H18O3.C7H6O2/c1-11(2,14)8-6-5-7-9(13)10(8)12(3,4)15;8-7(9)6-4-2-1-3-5-6/h5-7,13-15H,1-4H3;1-5H,(H,8,9). The smallest absolute Gasteiger partial charge is 0.335 e. The molecule has 0 unspecified atom stereocenters. The number of phenolic OH excluding ortho intramolecular Hbond substituents is 1. The summed E-state index contributed by atoms with van der Waals surface area (Å²) in [5.41, 5.74) is -1.03. The number of hydrogen-bond donors (Lipinski definition) is 4. The van der Waals surface area contributed by atoms with Crippen molar-refractivity contribution in [2.75, 3.05) is 0 Å². The average molecular weight is 332 g/mol. The first-order valence-electron chi connectivity index (χ1n) is 7.50. The summed E-state index contributed by atoms with van der Waals surface area (Å²) in [5.74, 6) is -0.877. The predicted octanol–water partition coefficient (Wildman–Crippen LogP) is 3.23. The van der Waals surface area contributed by atoms with Crippen molar-refractivity contribution < 1.29 is 25.2 Å². The number of hydrogen-bond acceptors (Lipinski definition) is 4. The lowest BCUT2D eigenvalue weighted by molar-refractivity contribution is 0.0503. The van der Waals surface area contributed by atoms with E-state index in [9.17, 15) is 20.1 Å². The summed E-state index contributed by atoms with van der Waals surface area (Å²) in [7, 11) is 0. The van der Waals surface area contributed by atoms with E-state index in [0.29, 0.717) is 16.7 Å². The summed E-state index contributed by atoms with van der Waals surface area (Å²) in [4.78, 5) is 10.2. The maximum Gasteiger partial charge on any atom is 0.335 e. The van der Waals surface area contributed by atoms with Crippen LogP contribution < -0.4 is 0 Å². The van der Waals surface area contributed by atoms with E-state index in [1.807, 2.05) is 0 Å². The van der Waals surface area contributed by atoms with Gasteiger partial charge >= 0.3 is 5.97 Å². The normalized spacial score (nSPS) is 11.4. The molecule has 5 heteroatoms. The van der Waals surface area contributed by atoms with E-state index >= 15 is 0 Å². The molecule has 0 aliphatic heterocycles. The van der Waals surface area contributed by atoms with Crippen molar-refractivity contribution >= 4 is 5.97 Å². The maximum atomic E-state index is 10.2. The number of carboxylic acid groups (broad SMARTS) is 1. The minimum Gasteiger partial charge on any atom is -0.508 e. The quantitative estimate of drug-likeness (QED) is 0.692. The lowest BCUT2D eigenvalue weighted by atomic mass is 9.85. The van der Waals surface area contributed by atoms with E-state index in [0.717, 1.165) is 0 Å². The van der Waals surface area contributed by atoms with Crippen LogP contribution in [0.15, 0.2) is 48.5 Å². The highest BCUT2D eigenvalue weighted by atomic mass is 16.4. The summed E-state index contributed by atoms with van der Waals surface area (Å²) in [6, 6.07) is 13.2. The molecule has 0 heterocycles. The molecule has 24 heavy (non-hydrogen) atoms. The Hall–Kier alpha value is -2.37. The first-order chi connectivity index (χ1) is 10.9. The molecule has 0 aliphatic rings. The summed E-state index contributed by atoms with van der Waals surface area (Å²) in [6.45, 7) is 6.41. The molecule has 130 valence electrons. The van der Waals surface area contributed by atoms with Crippen molar-refractivity contribution in [1.29, 1.82) is 0 Å². The third kappa shape index (κ3) is 5.37. The third-order valence-corrected chi connectivity index (χ3v) is 3.33. The SMILES string of the molecule is CC(C)(O)c1cccc(O)c1C(C)(C)O.O=C(O)c1ccccc1. The Balaban J connectivity index is 0.000000272. The van der Waals surface area contributed by atoms with E-state index < -0.39 is 17.2 Å². The van der Waals surface area contributed by atoms with Gasteiger partial charge < -0.3 is 20.4 Å². The van der Waals surface area contributed by atoms with Gasteiger partial charge in [0.05, 0.1) is 16.8 Å². The molecule has 4 N–H and O–H groups in total. The van der Waals surface area contributed by atoms with Crippen LogP contribution >= 0.6 is 0 Å². The molecule has 0 saturated carbocycles. The van der Waals surface area contributed by atoms with Crippen LogP contribution in [0.4, 0.5) is 0 Å². The molecule has 0 amide bonds. The van der Waals surface area contributed by atoms with Crippen molar-refractivity contribution in [2.24, 2.45) is 0 Å². The predicted molar refractivity (Wildman–Crippen MR) is 92.0 cm³/mol. The Labute approximate surface area is 141 Å². The van der Waals surface area contributed by atoms with E-state index in [-0.39, 0.29) is 5.75 Å². The number of benzene rings is 2. The molecule has 0 fully saturated rings. The van der Waals surface area contributed by atoms with Crippen LogP contribution in [0.2, 0.25) is 0 Å². The minimum atomic E-state index is -1.18. The van der Waals surface area contributed by atoms with Gasteiger partial charge in [0.1, 0.15) is 5.75 Å². The van der Waals surface area contributed by atoms with E-state index in [1.165, 1.54) is 6.07 Å². The topological polar surface area (TPSA) is 98.0 Å². The molecule has 2 rings (SSSR count). The lowest BCUT2D eigenvalue weighted by Crippen LogP contribution is -2.25. The zero-order chi connectivity index (χ0) is 18.5. The Morgan fingerprint density at radius 3 is 1.71 bits per heavy atom. The van der Waals surface area contributed by atoms with Gasteiger partial charge in [-0.3, -0.25) is 0 Å². The third-order valence-electron chi connectivity index (χ3n) is 3.33. The Morgan fingerprint density at radius 1 is 0.833 bits per heavy atom. The van der Waals surface area contributed by atoms with Gasteiger partial charge in [0, 0.05) is 5.56 Å². The molecule has 0 radical (unpaired) electrons. The monoisotopic (exact) mass is 332 g/mol. The maximum absolute atomic E-state index is 10.2. The van der Waals surface area contributed by atoms with E-state index in [1.54, 1.807) is 70.2 Å².